The fourth-order valence-electron chi connectivity index (χ4n) is 3.84. The SMILES string of the molecule is CCCN(C)C(=O)Cc1cccc(N(Cc2ccccc2)C(=O)c2ccc3c(c2)OCO3)c1. The van der Waals surface area contributed by atoms with Crippen LogP contribution in [-0.2, 0) is 17.8 Å². The van der Waals surface area contributed by atoms with Crippen LogP contribution in [0, 0.1) is 0 Å². The molecule has 6 nitrogen and oxygen atoms in total. The molecule has 0 saturated carbocycles. The highest BCUT2D eigenvalue weighted by atomic mass is 16.7. The molecule has 0 atom stereocenters. The molecule has 0 bridgehead atoms. The van der Waals surface area contributed by atoms with Crippen molar-refractivity contribution in [1.82, 2.24) is 4.90 Å². The number of hydrogen-bond acceptors (Lipinski definition) is 4. The summed E-state index contributed by atoms with van der Waals surface area (Å²) in [5.74, 6) is 1.12. The van der Waals surface area contributed by atoms with Crippen molar-refractivity contribution in [2.45, 2.75) is 26.3 Å². The molecule has 0 N–H and O–H groups in total. The van der Waals surface area contributed by atoms with Crippen LogP contribution in [0.1, 0.15) is 34.8 Å². The average molecular weight is 445 g/mol. The van der Waals surface area contributed by atoms with E-state index in [1.165, 1.54) is 0 Å². The smallest absolute Gasteiger partial charge is 0.258 e. The van der Waals surface area contributed by atoms with Gasteiger partial charge in [0.15, 0.2) is 11.5 Å². The first-order valence-electron chi connectivity index (χ1n) is 11.1. The molecule has 0 saturated heterocycles. The largest absolute Gasteiger partial charge is 0.454 e. The standard InChI is InChI=1S/C27H28N2O4/c1-3-14-28(2)26(30)16-21-10-7-11-23(15-21)29(18-20-8-5-4-6-9-20)27(31)22-12-13-24-25(17-22)33-19-32-24/h4-13,15,17H,3,14,16,18-19H2,1-2H3. The number of anilines is 1. The number of amides is 2. The second-order valence-corrected chi connectivity index (χ2v) is 8.11. The predicted octanol–water partition coefficient (Wildman–Crippen LogP) is 4.67. The van der Waals surface area contributed by atoms with Crippen LogP contribution in [0.4, 0.5) is 5.69 Å². The molecule has 3 aromatic rings. The molecule has 33 heavy (non-hydrogen) atoms. The Labute approximate surface area is 194 Å². The molecule has 1 aliphatic heterocycles. The summed E-state index contributed by atoms with van der Waals surface area (Å²) < 4.78 is 10.8. The Balaban J connectivity index is 1.63. The van der Waals surface area contributed by atoms with Gasteiger partial charge in [-0.05, 0) is 47.9 Å². The molecule has 1 heterocycles. The van der Waals surface area contributed by atoms with Crippen molar-refractivity contribution in [2.75, 3.05) is 25.3 Å². The molecule has 3 aromatic carbocycles. The highest BCUT2D eigenvalue weighted by Gasteiger charge is 2.22. The number of carbonyl (C=O) groups excluding carboxylic acids is 2. The number of carbonyl (C=O) groups is 2. The maximum atomic E-state index is 13.6. The Morgan fingerprint density at radius 3 is 2.42 bits per heavy atom. The van der Waals surface area contributed by atoms with E-state index in [-0.39, 0.29) is 18.6 Å². The second-order valence-electron chi connectivity index (χ2n) is 8.11. The molecule has 0 fully saturated rings. The van der Waals surface area contributed by atoms with Crippen molar-refractivity contribution in [1.29, 1.82) is 0 Å². The van der Waals surface area contributed by atoms with Crippen LogP contribution in [0.25, 0.3) is 0 Å². The lowest BCUT2D eigenvalue weighted by atomic mass is 10.1. The van der Waals surface area contributed by atoms with Crippen LogP contribution in [-0.4, -0.2) is 37.1 Å². The first-order chi connectivity index (χ1) is 16.0. The van der Waals surface area contributed by atoms with E-state index in [2.05, 4.69) is 0 Å². The van der Waals surface area contributed by atoms with Gasteiger partial charge in [0.05, 0.1) is 13.0 Å². The van der Waals surface area contributed by atoms with Gasteiger partial charge in [0.2, 0.25) is 12.7 Å². The Morgan fingerprint density at radius 2 is 1.64 bits per heavy atom. The minimum Gasteiger partial charge on any atom is -0.454 e. The number of hydrogen-bond donors (Lipinski definition) is 0. The summed E-state index contributed by atoms with van der Waals surface area (Å²) in [7, 11) is 1.82. The van der Waals surface area contributed by atoms with Gasteiger partial charge in [-0.1, -0.05) is 49.4 Å². The Bertz CT molecular complexity index is 1130. The van der Waals surface area contributed by atoms with E-state index < -0.39 is 0 Å². The van der Waals surface area contributed by atoms with Crippen molar-refractivity contribution in [3.63, 3.8) is 0 Å². The van der Waals surface area contributed by atoms with Gasteiger partial charge < -0.3 is 19.3 Å². The third kappa shape index (κ3) is 5.34. The van der Waals surface area contributed by atoms with Gasteiger partial charge in [0, 0.05) is 24.8 Å². The zero-order valence-electron chi connectivity index (χ0n) is 19.0. The monoisotopic (exact) mass is 444 g/mol. The molecule has 0 unspecified atom stereocenters. The lowest BCUT2D eigenvalue weighted by molar-refractivity contribution is -0.129. The van der Waals surface area contributed by atoms with Gasteiger partial charge >= 0.3 is 0 Å². The van der Waals surface area contributed by atoms with Crippen LogP contribution in [0.15, 0.2) is 72.8 Å². The minimum absolute atomic E-state index is 0.0608. The van der Waals surface area contributed by atoms with Crippen LogP contribution in [0.3, 0.4) is 0 Å². The molecule has 170 valence electrons. The highest BCUT2D eigenvalue weighted by Crippen LogP contribution is 2.33. The minimum atomic E-state index is -0.149. The fourth-order valence-corrected chi connectivity index (χ4v) is 3.84. The summed E-state index contributed by atoms with van der Waals surface area (Å²) in [5.41, 5.74) is 3.14. The average Bonchev–Trinajstić information content (AvgIpc) is 3.31. The van der Waals surface area contributed by atoms with Gasteiger partial charge in [0.1, 0.15) is 0 Å². The van der Waals surface area contributed by atoms with Gasteiger partial charge in [-0.3, -0.25) is 9.59 Å². The van der Waals surface area contributed by atoms with Gasteiger partial charge in [-0.2, -0.15) is 0 Å². The van der Waals surface area contributed by atoms with Crippen LogP contribution in [0.5, 0.6) is 11.5 Å². The molecular formula is C27H28N2O4. The van der Waals surface area contributed by atoms with Gasteiger partial charge in [-0.25, -0.2) is 0 Å². The first-order valence-corrected chi connectivity index (χ1v) is 11.1. The fraction of sp³-hybridized carbons (Fsp3) is 0.259. The first kappa shape index (κ1) is 22.4. The van der Waals surface area contributed by atoms with Gasteiger partial charge in [0.25, 0.3) is 5.91 Å². The molecule has 4 rings (SSSR count). The van der Waals surface area contributed by atoms with E-state index in [4.69, 9.17) is 9.47 Å². The number of ether oxygens (including phenoxy) is 2. The van der Waals surface area contributed by atoms with Crippen LogP contribution < -0.4 is 14.4 Å². The van der Waals surface area contributed by atoms with E-state index in [9.17, 15) is 9.59 Å². The van der Waals surface area contributed by atoms with E-state index in [1.807, 2.05) is 68.6 Å². The molecule has 1 aliphatic rings. The lowest BCUT2D eigenvalue weighted by Crippen LogP contribution is -2.31. The van der Waals surface area contributed by atoms with E-state index in [0.717, 1.165) is 29.8 Å². The van der Waals surface area contributed by atoms with Crippen LogP contribution in [0.2, 0.25) is 0 Å². The Morgan fingerprint density at radius 1 is 0.879 bits per heavy atom. The van der Waals surface area contributed by atoms with Crippen molar-refractivity contribution in [3.05, 3.63) is 89.5 Å². The second kappa shape index (κ2) is 10.2. The maximum absolute atomic E-state index is 13.6. The normalized spacial score (nSPS) is 11.8. The Hall–Kier alpha value is -3.80. The Kier molecular flexibility index (Phi) is 6.93. The zero-order valence-corrected chi connectivity index (χ0v) is 19.0. The third-order valence-electron chi connectivity index (χ3n) is 5.61. The summed E-state index contributed by atoms with van der Waals surface area (Å²) in [6, 6.07) is 22.7. The molecule has 0 spiro atoms. The van der Waals surface area contributed by atoms with Crippen LogP contribution >= 0.6 is 0 Å². The molecule has 2 amide bonds. The predicted molar refractivity (Wildman–Crippen MR) is 128 cm³/mol. The molecule has 6 heteroatoms. The van der Waals surface area contributed by atoms with E-state index in [0.29, 0.717) is 30.0 Å². The summed E-state index contributed by atoms with van der Waals surface area (Å²) in [6.45, 7) is 3.33. The maximum Gasteiger partial charge on any atom is 0.258 e. The van der Waals surface area contributed by atoms with Crippen molar-refractivity contribution in [2.24, 2.45) is 0 Å². The summed E-state index contributed by atoms with van der Waals surface area (Å²) >= 11 is 0. The summed E-state index contributed by atoms with van der Waals surface area (Å²) in [4.78, 5) is 29.7. The molecule has 0 aliphatic carbocycles. The molecule has 0 radical (unpaired) electrons. The quantitative estimate of drug-likeness (QED) is 0.507. The lowest BCUT2D eigenvalue weighted by Gasteiger charge is -2.24. The number of benzene rings is 3. The van der Waals surface area contributed by atoms with Crippen molar-refractivity contribution >= 4 is 17.5 Å². The van der Waals surface area contributed by atoms with E-state index in [1.54, 1.807) is 28.0 Å². The number of rotatable bonds is 8. The number of likely N-dealkylation sites (N-methyl/N-ethyl adjacent to an activating group) is 1. The summed E-state index contributed by atoms with van der Waals surface area (Å²) in [5, 5.41) is 0. The highest BCUT2D eigenvalue weighted by molar-refractivity contribution is 6.06. The molecule has 0 aromatic heterocycles. The number of nitrogens with zero attached hydrogens (tertiary/aromatic N) is 2. The summed E-state index contributed by atoms with van der Waals surface area (Å²) in [6.07, 6.45) is 1.21. The van der Waals surface area contributed by atoms with E-state index >= 15 is 0 Å². The van der Waals surface area contributed by atoms with Crippen molar-refractivity contribution < 1.29 is 19.1 Å². The zero-order chi connectivity index (χ0) is 23.2. The topological polar surface area (TPSA) is 59.1 Å². The number of fused-ring (bicyclic) bond motifs is 1. The third-order valence-corrected chi connectivity index (χ3v) is 5.61. The molecular weight excluding hydrogens is 416 g/mol. The van der Waals surface area contributed by atoms with Gasteiger partial charge in [-0.15, -0.1) is 0 Å². The van der Waals surface area contributed by atoms with Crippen molar-refractivity contribution in [3.8, 4) is 11.5 Å².